The van der Waals surface area contributed by atoms with E-state index in [-0.39, 0.29) is 18.0 Å². The molecule has 7 nitrogen and oxygen atoms in total. The molecule has 2 N–H and O–H groups in total. The molecule has 2 aliphatic rings. The van der Waals surface area contributed by atoms with Crippen LogP contribution in [0.1, 0.15) is 35.2 Å². The van der Waals surface area contributed by atoms with Gasteiger partial charge in [0.25, 0.3) is 5.91 Å². The van der Waals surface area contributed by atoms with Gasteiger partial charge in [-0.3, -0.25) is 14.8 Å². The molecule has 2 aromatic heterocycles. The first-order valence-corrected chi connectivity index (χ1v) is 11.7. The van der Waals surface area contributed by atoms with Crippen LogP contribution < -0.4 is 20.3 Å². The van der Waals surface area contributed by atoms with Gasteiger partial charge in [-0.05, 0) is 55.1 Å². The average Bonchev–Trinajstić information content (AvgIpc) is 3.51. The molecule has 1 atom stereocenters. The minimum Gasteiger partial charge on any atom is -0.495 e. The first-order valence-electron chi connectivity index (χ1n) is 11.7. The molecule has 5 rings (SSSR count). The van der Waals surface area contributed by atoms with E-state index in [1.807, 2.05) is 0 Å². The summed E-state index contributed by atoms with van der Waals surface area (Å²) in [5, 5.41) is 6.55. The molecule has 1 unspecified atom stereocenters. The Balaban J connectivity index is 1.50. The first-order chi connectivity index (χ1) is 17.0. The summed E-state index contributed by atoms with van der Waals surface area (Å²) in [6.07, 6.45) is 9.43. The third-order valence-electron chi connectivity index (χ3n) is 6.80. The molecule has 0 radical (unpaired) electrons. The highest BCUT2D eigenvalue weighted by atomic mass is 19.1. The predicted octanol–water partition coefficient (Wildman–Crippen LogP) is 3.69. The summed E-state index contributed by atoms with van der Waals surface area (Å²) < 4.78 is 33.4. The molecule has 3 aromatic rings. The number of anilines is 1. The molecule has 182 valence electrons. The van der Waals surface area contributed by atoms with Crippen LogP contribution in [0.3, 0.4) is 0 Å². The number of benzene rings is 1. The highest BCUT2D eigenvalue weighted by Crippen LogP contribution is 2.40. The topological polar surface area (TPSA) is 79.4 Å². The number of nitrogens with one attached hydrogen (secondary N) is 2. The number of nitrogens with zero attached hydrogens (tertiary/aromatic N) is 3. The highest BCUT2D eigenvalue weighted by Gasteiger charge is 2.41. The van der Waals surface area contributed by atoms with Gasteiger partial charge in [0, 0.05) is 55.4 Å². The molecular weight excluding hydrogens is 452 g/mol. The molecule has 9 heteroatoms. The normalized spacial score (nSPS) is 19.3. The minimum absolute atomic E-state index is 0.00621. The summed E-state index contributed by atoms with van der Waals surface area (Å²) in [6, 6.07) is 5.18. The maximum atomic E-state index is 14.1. The molecular formula is C26H27F2N5O2. The fourth-order valence-electron chi connectivity index (χ4n) is 5.11. The first kappa shape index (κ1) is 23.2. The Kier molecular flexibility index (Phi) is 6.34. The zero-order valence-corrected chi connectivity index (χ0v) is 19.5. The van der Waals surface area contributed by atoms with Crippen LogP contribution in [0, 0.1) is 11.6 Å². The van der Waals surface area contributed by atoms with Gasteiger partial charge in [-0.25, -0.2) is 8.78 Å². The van der Waals surface area contributed by atoms with Gasteiger partial charge in [0.15, 0.2) is 0 Å². The van der Waals surface area contributed by atoms with Gasteiger partial charge in [-0.15, -0.1) is 0 Å². The van der Waals surface area contributed by atoms with Crippen LogP contribution in [-0.4, -0.2) is 48.2 Å². The van der Waals surface area contributed by atoms with Crippen molar-refractivity contribution in [2.45, 2.75) is 31.3 Å². The lowest BCUT2D eigenvalue weighted by Crippen LogP contribution is -2.42. The second-order valence-corrected chi connectivity index (χ2v) is 9.14. The van der Waals surface area contributed by atoms with Gasteiger partial charge in [0.2, 0.25) is 0 Å². The van der Waals surface area contributed by atoms with Gasteiger partial charge in [0.1, 0.15) is 17.4 Å². The van der Waals surface area contributed by atoms with Crippen molar-refractivity contribution in [1.29, 1.82) is 0 Å². The summed E-state index contributed by atoms with van der Waals surface area (Å²) >= 11 is 0. The SMILES string of the molecule is COc1cncc(CNC(=O)c2cncc(-c3cc(F)cc(F)c3)c2N2CCC3(CCCN3)C2)c1. The molecule has 1 spiro atoms. The number of amides is 1. The number of pyridine rings is 2. The molecule has 2 saturated heterocycles. The van der Waals surface area contributed by atoms with E-state index in [0.717, 1.165) is 44.0 Å². The average molecular weight is 480 g/mol. The fourth-order valence-corrected chi connectivity index (χ4v) is 5.11. The van der Waals surface area contributed by atoms with Crippen molar-refractivity contribution in [3.8, 4) is 16.9 Å². The molecule has 2 aliphatic heterocycles. The summed E-state index contributed by atoms with van der Waals surface area (Å²) in [4.78, 5) is 23.9. The molecule has 35 heavy (non-hydrogen) atoms. The van der Waals surface area contributed by atoms with Crippen molar-refractivity contribution < 1.29 is 18.3 Å². The number of methoxy groups -OCH3 is 1. The molecule has 4 heterocycles. The third-order valence-corrected chi connectivity index (χ3v) is 6.80. The Bertz CT molecular complexity index is 1230. The van der Waals surface area contributed by atoms with Gasteiger partial charge in [-0.2, -0.15) is 0 Å². The van der Waals surface area contributed by atoms with E-state index >= 15 is 0 Å². The summed E-state index contributed by atoms with van der Waals surface area (Å²) in [5.74, 6) is -1.08. The van der Waals surface area contributed by atoms with E-state index in [0.29, 0.717) is 34.7 Å². The number of carbonyl (C=O) groups excluding carboxylic acids is 1. The zero-order chi connectivity index (χ0) is 24.4. The Morgan fingerprint density at radius 3 is 2.66 bits per heavy atom. The van der Waals surface area contributed by atoms with Crippen LogP contribution in [0.5, 0.6) is 5.75 Å². The predicted molar refractivity (Wildman–Crippen MR) is 128 cm³/mol. The maximum absolute atomic E-state index is 14.1. The number of rotatable bonds is 6. The van der Waals surface area contributed by atoms with Gasteiger partial charge in [-0.1, -0.05) is 0 Å². The monoisotopic (exact) mass is 479 g/mol. The number of aromatic nitrogens is 2. The standard InChI is InChI=1S/C26H27F2N5O2/c1-35-21-7-17(11-29-13-21)12-31-25(34)23-15-30-14-22(18-8-19(27)10-20(28)9-18)24(23)33-6-4-26(16-33)3-2-5-32-26/h7-11,13-15,32H,2-6,12,16H2,1H3,(H,31,34). The lowest BCUT2D eigenvalue weighted by atomic mass is 9.96. The Morgan fingerprint density at radius 2 is 1.91 bits per heavy atom. The van der Waals surface area contributed by atoms with Crippen LogP contribution >= 0.6 is 0 Å². The lowest BCUT2D eigenvalue weighted by molar-refractivity contribution is 0.0951. The van der Waals surface area contributed by atoms with Crippen molar-refractivity contribution in [2.24, 2.45) is 0 Å². The Morgan fingerprint density at radius 1 is 1.11 bits per heavy atom. The van der Waals surface area contributed by atoms with Crippen molar-refractivity contribution in [1.82, 2.24) is 20.6 Å². The Labute approximate surface area is 202 Å². The summed E-state index contributed by atoms with van der Waals surface area (Å²) in [7, 11) is 1.56. The molecule has 2 fully saturated rings. The second-order valence-electron chi connectivity index (χ2n) is 9.14. The maximum Gasteiger partial charge on any atom is 0.255 e. The Hall–Kier alpha value is -3.59. The number of hydrogen-bond donors (Lipinski definition) is 2. The number of hydrogen-bond acceptors (Lipinski definition) is 6. The van der Waals surface area contributed by atoms with E-state index in [4.69, 9.17) is 4.74 Å². The molecule has 0 aliphatic carbocycles. The number of halogens is 2. The van der Waals surface area contributed by atoms with Crippen LogP contribution in [0.4, 0.5) is 14.5 Å². The van der Waals surface area contributed by atoms with Gasteiger partial charge in [0.05, 0.1) is 24.6 Å². The van der Waals surface area contributed by atoms with Crippen LogP contribution in [0.2, 0.25) is 0 Å². The van der Waals surface area contributed by atoms with Gasteiger partial charge >= 0.3 is 0 Å². The van der Waals surface area contributed by atoms with E-state index in [9.17, 15) is 13.6 Å². The summed E-state index contributed by atoms with van der Waals surface area (Å²) in [6.45, 7) is 2.64. The van der Waals surface area contributed by atoms with Crippen molar-refractivity contribution in [2.75, 3.05) is 31.6 Å². The minimum atomic E-state index is -0.679. The lowest BCUT2D eigenvalue weighted by Gasteiger charge is -2.28. The number of carbonyl (C=O) groups is 1. The molecule has 0 saturated carbocycles. The third kappa shape index (κ3) is 4.81. The van der Waals surface area contributed by atoms with Crippen molar-refractivity contribution >= 4 is 11.6 Å². The largest absolute Gasteiger partial charge is 0.495 e. The van der Waals surface area contributed by atoms with E-state index in [1.165, 1.54) is 18.3 Å². The van der Waals surface area contributed by atoms with Crippen molar-refractivity contribution in [3.63, 3.8) is 0 Å². The molecule has 1 aromatic carbocycles. The highest BCUT2D eigenvalue weighted by molar-refractivity contribution is 6.03. The van der Waals surface area contributed by atoms with E-state index in [1.54, 1.807) is 31.8 Å². The van der Waals surface area contributed by atoms with Crippen LogP contribution in [0.25, 0.3) is 11.1 Å². The zero-order valence-electron chi connectivity index (χ0n) is 19.5. The quantitative estimate of drug-likeness (QED) is 0.562. The smallest absolute Gasteiger partial charge is 0.255 e. The number of ether oxygens (including phenoxy) is 1. The summed E-state index contributed by atoms with van der Waals surface area (Å²) in [5.41, 5.74) is 2.64. The van der Waals surface area contributed by atoms with E-state index < -0.39 is 11.6 Å². The van der Waals surface area contributed by atoms with Crippen LogP contribution in [0.15, 0.2) is 49.1 Å². The fraction of sp³-hybridized carbons (Fsp3) is 0.346. The molecule has 1 amide bonds. The van der Waals surface area contributed by atoms with Crippen molar-refractivity contribution in [3.05, 3.63) is 71.8 Å². The van der Waals surface area contributed by atoms with Crippen LogP contribution in [-0.2, 0) is 6.54 Å². The molecule has 0 bridgehead atoms. The van der Waals surface area contributed by atoms with Gasteiger partial charge < -0.3 is 20.3 Å². The van der Waals surface area contributed by atoms with E-state index in [2.05, 4.69) is 25.5 Å². The second kappa shape index (κ2) is 9.58.